The third kappa shape index (κ3) is 3.72. The maximum atomic E-state index is 12.2. The van der Waals surface area contributed by atoms with Gasteiger partial charge in [-0.25, -0.2) is 18.2 Å². The van der Waals surface area contributed by atoms with Gasteiger partial charge in [-0.1, -0.05) is 12.1 Å². The molecule has 0 aliphatic rings. The minimum atomic E-state index is -3.50. The van der Waals surface area contributed by atoms with Gasteiger partial charge in [0.2, 0.25) is 0 Å². The molecule has 3 rings (SSSR count). The van der Waals surface area contributed by atoms with E-state index >= 15 is 0 Å². The van der Waals surface area contributed by atoms with E-state index < -0.39 is 15.8 Å². The highest BCUT2D eigenvalue weighted by Crippen LogP contribution is 2.26. The molecule has 0 saturated heterocycles. The summed E-state index contributed by atoms with van der Waals surface area (Å²) in [4.78, 5) is 16.6. The zero-order valence-corrected chi connectivity index (χ0v) is 15.1. The van der Waals surface area contributed by atoms with Crippen molar-refractivity contribution in [3.63, 3.8) is 0 Å². The van der Waals surface area contributed by atoms with E-state index in [4.69, 9.17) is 4.74 Å². The number of sulfone groups is 1. The molecule has 124 valence electrons. The Bertz CT molecular complexity index is 959. The molecule has 0 amide bonds. The van der Waals surface area contributed by atoms with Crippen molar-refractivity contribution in [2.45, 2.75) is 11.5 Å². The van der Waals surface area contributed by atoms with Crippen molar-refractivity contribution >= 4 is 38.5 Å². The molecule has 2 aromatic heterocycles. The van der Waals surface area contributed by atoms with Gasteiger partial charge in [0.05, 0.1) is 16.2 Å². The molecular weight excluding hydrogens is 366 g/mol. The predicted molar refractivity (Wildman–Crippen MR) is 94.1 cm³/mol. The van der Waals surface area contributed by atoms with Gasteiger partial charge >= 0.3 is 5.97 Å². The number of ether oxygens (including phenoxy) is 1. The lowest BCUT2D eigenvalue weighted by Crippen LogP contribution is -2.11. The lowest BCUT2D eigenvalue weighted by atomic mass is 10.2. The van der Waals surface area contributed by atoms with Crippen LogP contribution in [0.4, 0.5) is 0 Å². The van der Waals surface area contributed by atoms with Crippen LogP contribution >= 0.6 is 22.7 Å². The first-order valence-electron chi connectivity index (χ1n) is 6.88. The number of hydrogen-bond acceptors (Lipinski definition) is 7. The number of nitrogens with zero attached hydrogens (tertiary/aromatic N) is 1. The maximum Gasteiger partial charge on any atom is 0.339 e. The second kappa shape index (κ2) is 6.84. The average Bonchev–Trinajstić information content (AvgIpc) is 3.23. The van der Waals surface area contributed by atoms with Gasteiger partial charge in [0, 0.05) is 22.6 Å². The van der Waals surface area contributed by atoms with Crippen LogP contribution in [0.2, 0.25) is 0 Å². The van der Waals surface area contributed by atoms with Crippen LogP contribution in [-0.4, -0.2) is 25.6 Å². The summed E-state index contributed by atoms with van der Waals surface area (Å²) in [5.41, 5.74) is 1.70. The molecule has 0 saturated carbocycles. The predicted octanol–water partition coefficient (Wildman–Crippen LogP) is 3.63. The Morgan fingerprint density at radius 2 is 2.00 bits per heavy atom. The van der Waals surface area contributed by atoms with Crippen molar-refractivity contribution < 1.29 is 17.9 Å². The van der Waals surface area contributed by atoms with Gasteiger partial charge in [-0.2, -0.15) is 11.3 Å². The zero-order valence-electron chi connectivity index (χ0n) is 12.6. The first-order chi connectivity index (χ1) is 11.4. The van der Waals surface area contributed by atoms with E-state index in [1.807, 2.05) is 22.2 Å². The molecule has 1 aromatic carbocycles. The number of hydrogen-bond donors (Lipinski definition) is 0. The molecule has 8 heteroatoms. The summed E-state index contributed by atoms with van der Waals surface area (Å²) in [6.07, 6.45) is 1.06. The fraction of sp³-hybridized carbons (Fsp3) is 0.125. The van der Waals surface area contributed by atoms with Crippen LogP contribution in [0.25, 0.3) is 10.6 Å². The second-order valence-electron chi connectivity index (χ2n) is 5.00. The van der Waals surface area contributed by atoms with Crippen LogP contribution in [-0.2, 0) is 21.2 Å². The quantitative estimate of drug-likeness (QED) is 0.633. The summed E-state index contributed by atoms with van der Waals surface area (Å²) in [5, 5.41) is 6.65. The Kier molecular flexibility index (Phi) is 4.79. The Hall–Kier alpha value is -2.03. The van der Waals surface area contributed by atoms with Crippen molar-refractivity contribution in [2.24, 2.45) is 0 Å². The van der Waals surface area contributed by atoms with Gasteiger partial charge in [-0.05, 0) is 23.6 Å². The lowest BCUT2D eigenvalue weighted by molar-refractivity contribution is 0.0464. The molecule has 0 radical (unpaired) electrons. The van der Waals surface area contributed by atoms with E-state index in [9.17, 15) is 13.2 Å². The van der Waals surface area contributed by atoms with E-state index in [1.54, 1.807) is 23.5 Å². The Balaban J connectivity index is 1.73. The fourth-order valence-corrected chi connectivity index (χ4v) is 4.46. The largest absolute Gasteiger partial charge is 0.456 e. The van der Waals surface area contributed by atoms with Crippen molar-refractivity contribution in [3.8, 4) is 10.6 Å². The molecule has 0 unspecified atom stereocenters. The summed E-state index contributed by atoms with van der Waals surface area (Å²) < 4.78 is 28.7. The van der Waals surface area contributed by atoms with Crippen molar-refractivity contribution in [1.29, 1.82) is 0 Å². The maximum absolute atomic E-state index is 12.2. The number of thiazole rings is 1. The average molecular weight is 379 g/mol. The van der Waals surface area contributed by atoms with E-state index in [-0.39, 0.29) is 17.1 Å². The monoisotopic (exact) mass is 379 g/mol. The highest BCUT2D eigenvalue weighted by atomic mass is 32.2. The van der Waals surface area contributed by atoms with E-state index in [0.29, 0.717) is 5.69 Å². The third-order valence-corrected chi connectivity index (χ3v) is 5.96. The summed E-state index contributed by atoms with van der Waals surface area (Å²) in [6, 6.07) is 7.98. The van der Waals surface area contributed by atoms with Crippen LogP contribution in [0.3, 0.4) is 0 Å². The molecule has 2 heterocycles. The normalized spacial score (nSPS) is 11.4. The van der Waals surface area contributed by atoms with Crippen LogP contribution in [0.1, 0.15) is 16.1 Å². The number of esters is 1. The summed E-state index contributed by atoms with van der Waals surface area (Å²) >= 11 is 3.06. The molecule has 5 nitrogen and oxygen atoms in total. The topological polar surface area (TPSA) is 73.3 Å². The lowest BCUT2D eigenvalue weighted by Gasteiger charge is -2.07. The molecular formula is C16H13NO4S3. The highest BCUT2D eigenvalue weighted by Gasteiger charge is 2.19. The molecule has 0 atom stereocenters. The fourth-order valence-electron chi connectivity index (χ4n) is 2.07. The van der Waals surface area contributed by atoms with Crippen LogP contribution < -0.4 is 0 Å². The number of thiophene rings is 1. The van der Waals surface area contributed by atoms with Crippen LogP contribution in [0.5, 0.6) is 0 Å². The number of rotatable bonds is 5. The summed E-state index contributed by atoms with van der Waals surface area (Å²) in [5.74, 6) is -0.680. The van der Waals surface area contributed by atoms with Gasteiger partial charge in [0.15, 0.2) is 9.84 Å². The van der Waals surface area contributed by atoms with Gasteiger partial charge in [-0.3, -0.25) is 0 Å². The molecule has 0 aliphatic heterocycles. The molecule has 0 bridgehead atoms. The van der Waals surface area contributed by atoms with Gasteiger partial charge in [0.1, 0.15) is 11.6 Å². The smallest absolute Gasteiger partial charge is 0.339 e. The zero-order chi connectivity index (χ0) is 17.2. The Morgan fingerprint density at radius 3 is 2.71 bits per heavy atom. The van der Waals surface area contributed by atoms with Crippen molar-refractivity contribution in [1.82, 2.24) is 4.98 Å². The van der Waals surface area contributed by atoms with E-state index in [0.717, 1.165) is 16.8 Å². The second-order valence-corrected chi connectivity index (χ2v) is 8.62. The number of carbonyl (C=O) groups is 1. The van der Waals surface area contributed by atoms with E-state index in [2.05, 4.69) is 4.98 Å². The molecule has 0 N–H and O–H groups in total. The molecule has 3 aromatic rings. The summed E-state index contributed by atoms with van der Waals surface area (Å²) in [6.45, 7) is -0.00241. The minimum absolute atomic E-state index is 0.00241. The van der Waals surface area contributed by atoms with Crippen LogP contribution in [0, 0.1) is 0 Å². The van der Waals surface area contributed by atoms with E-state index in [1.165, 1.54) is 23.5 Å². The summed E-state index contributed by atoms with van der Waals surface area (Å²) in [7, 11) is -3.50. The Labute approximate surface area is 147 Å². The number of aromatic nitrogens is 1. The third-order valence-electron chi connectivity index (χ3n) is 3.18. The highest BCUT2D eigenvalue weighted by molar-refractivity contribution is 7.90. The Morgan fingerprint density at radius 1 is 1.21 bits per heavy atom. The first kappa shape index (κ1) is 16.8. The van der Waals surface area contributed by atoms with Gasteiger partial charge in [-0.15, -0.1) is 11.3 Å². The number of benzene rings is 1. The number of carbonyl (C=O) groups excluding carboxylic acids is 1. The molecule has 0 fully saturated rings. The first-order valence-corrected chi connectivity index (χ1v) is 10.6. The molecule has 0 spiro atoms. The van der Waals surface area contributed by atoms with Crippen LogP contribution in [0.15, 0.2) is 51.4 Å². The minimum Gasteiger partial charge on any atom is -0.456 e. The standard InChI is InChI=1S/C16H13NO4S3/c1-24(19,20)14-5-3-2-4-13(14)16(18)21-8-12-10-23-15(17-12)11-6-7-22-9-11/h2-7,9-10H,8H2,1H3. The van der Waals surface area contributed by atoms with Crippen molar-refractivity contribution in [3.05, 3.63) is 57.7 Å². The van der Waals surface area contributed by atoms with Crippen molar-refractivity contribution in [2.75, 3.05) is 6.26 Å². The SMILES string of the molecule is CS(=O)(=O)c1ccccc1C(=O)OCc1csc(-c2ccsc2)n1. The molecule has 0 aliphatic carbocycles. The van der Waals surface area contributed by atoms with Gasteiger partial charge < -0.3 is 4.74 Å². The molecule has 24 heavy (non-hydrogen) atoms. The van der Waals surface area contributed by atoms with Gasteiger partial charge in [0.25, 0.3) is 0 Å².